The van der Waals surface area contributed by atoms with Gasteiger partial charge in [-0.25, -0.2) is 0 Å². The van der Waals surface area contributed by atoms with Crippen molar-refractivity contribution in [1.82, 2.24) is 4.57 Å². The predicted molar refractivity (Wildman–Crippen MR) is 95.3 cm³/mol. The summed E-state index contributed by atoms with van der Waals surface area (Å²) in [5.41, 5.74) is 9.40. The molecular weight excluding hydrogens is 318 g/mol. The normalized spacial score (nSPS) is 10.6. The van der Waals surface area contributed by atoms with E-state index < -0.39 is 10.8 Å². The van der Waals surface area contributed by atoms with E-state index in [9.17, 15) is 14.9 Å². The summed E-state index contributed by atoms with van der Waals surface area (Å²) in [6.45, 7) is 2.42. The number of nitro benzene ring substituents is 1. The number of rotatable bonds is 5. The van der Waals surface area contributed by atoms with E-state index in [-0.39, 0.29) is 5.69 Å². The maximum absolute atomic E-state index is 11.7. The van der Waals surface area contributed by atoms with Gasteiger partial charge in [-0.2, -0.15) is 0 Å². The summed E-state index contributed by atoms with van der Waals surface area (Å²) in [7, 11) is 0. The molecule has 1 heterocycles. The molecule has 0 radical (unpaired) electrons. The third-order valence-electron chi connectivity index (χ3n) is 4.19. The van der Waals surface area contributed by atoms with E-state index in [2.05, 4.69) is 0 Å². The molecule has 0 aliphatic rings. The third-order valence-corrected chi connectivity index (χ3v) is 4.19. The standard InChI is InChI=1S/C19H17N3O3/c1-13-17(19(20)23)11-18(15-7-9-16(10-8-15)22(24)25)21(13)12-14-5-3-2-4-6-14/h2-11H,12H2,1H3,(H2,20,23). The van der Waals surface area contributed by atoms with Gasteiger partial charge in [-0.15, -0.1) is 0 Å². The number of nitrogens with two attached hydrogens (primary N) is 1. The van der Waals surface area contributed by atoms with E-state index in [0.717, 1.165) is 22.5 Å². The quantitative estimate of drug-likeness (QED) is 0.571. The number of benzene rings is 2. The Labute approximate surface area is 144 Å². The van der Waals surface area contributed by atoms with Crippen LogP contribution in [0.25, 0.3) is 11.3 Å². The van der Waals surface area contributed by atoms with Gasteiger partial charge in [0.25, 0.3) is 11.6 Å². The second-order valence-corrected chi connectivity index (χ2v) is 5.77. The summed E-state index contributed by atoms with van der Waals surface area (Å²) in [5, 5.41) is 10.8. The average molecular weight is 335 g/mol. The molecule has 0 saturated carbocycles. The van der Waals surface area contributed by atoms with Crippen molar-refractivity contribution in [2.45, 2.75) is 13.5 Å². The van der Waals surface area contributed by atoms with E-state index in [1.54, 1.807) is 18.2 Å². The van der Waals surface area contributed by atoms with Crippen molar-refractivity contribution in [1.29, 1.82) is 0 Å². The maximum Gasteiger partial charge on any atom is 0.269 e. The van der Waals surface area contributed by atoms with Crippen molar-refractivity contribution in [2.75, 3.05) is 0 Å². The number of aromatic nitrogens is 1. The lowest BCUT2D eigenvalue weighted by atomic mass is 10.1. The topological polar surface area (TPSA) is 91.2 Å². The van der Waals surface area contributed by atoms with Crippen LogP contribution in [0.15, 0.2) is 60.7 Å². The molecule has 0 spiro atoms. The van der Waals surface area contributed by atoms with Gasteiger partial charge < -0.3 is 10.3 Å². The van der Waals surface area contributed by atoms with Crippen molar-refractivity contribution >= 4 is 11.6 Å². The molecule has 6 heteroatoms. The highest BCUT2D eigenvalue weighted by atomic mass is 16.6. The summed E-state index contributed by atoms with van der Waals surface area (Å²) in [6, 6.07) is 17.9. The second-order valence-electron chi connectivity index (χ2n) is 5.77. The van der Waals surface area contributed by atoms with Crippen molar-refractivity contribution < 1.29 is 9.72 Å². The van der Waals surface area contributed by atoms with Crippen LogP contribution in [0.3, 0.4) is 0 Å². The molecule has 0 fully saturated rings. The smallest absolute Gasteiger partial charge is 0.269 e. The second kappa shape index (κ2) is 6.60. The first-order valence-electron chi connectivity index (χ1n) is 7.76. The van der Waals surface area contributed by atoms with E-state index in [4.69, 9.17) is 5.73 Å². The fraction of sp³-hybridized carbons (Fsp3) is 0.105. The fourth-order valence-electron chi connectivity index (χ4n) is 2.86. The average Bonchev–Trinajstić information content (AvgIpc) is 2.93. The molecule has 0 atom stereocenters. The minimum absolute atomic E-state index is 0.0248. The van der Waals surface area contributed by atoms with Crippen LogP contribution in [0.2, 0.25) is 0 Å². The van der Waals surface area contributed by atoms with Crippen LogP contribution in [0.5, 0.6) is 0 Å². The van der Waals surface area contributed by atoms with Gasteiger partial charge in [0.05, 0.1) is 10.5 Å². The molecule has 2 aromatic carbocycles. The van der Waals surface area contributed by atoms with E-state index >= 15 is 0 Å². The van der Waals surface area contributed by atoms with Crippen LogP contribution in [-0.2, 0) is 6.54 Å². The Kier molecular flexibility index (Phi) is 4.35. The monoisotopic (exact) mass is 335 g/mol. The van der Waals surface area contributed by atoms with E-state index in [1.165, 1.54) is 12.1 Å². The van der Waals surface area contributed by atoms with Gasteiger partial charge in [-0.1, -0.05) is 30.3 Å². The fourth-order valence-corrected chi connectivity index (χ4v) is 2.86. The lowest BCUT2D eigenvalue weighted by Crippen LogP contribution is -2.12. The molecule has 25 heavy (non-hydrogen) atoms. The number of nitro groups is 1. The molecule has 0 bridgehead atoms. The van der Waals surface area contributed by atoms with Crippen LogP contribution < -0.4 is 5.73 Å². The number of nitrogens with zero attached hydrogens (tertiary/aromatic N) is 2. The molecular formula is C19H17N3O3. The van der Waals surface area contributed by atoms with Crippen molar-refractivity contribution in [3.05, 3.63) is 87.6 Å². The van der Waals surface area contributed by atoms with Crippen LogP contribution >= 0.6 is 0 Å². The summed E-state index contributed by atoms with van der Waals surface area (Å²) < 4.78 is 2.00. The molecule has 0 unspecified atom stereocenters. The van der Waals surface area contributed by atoms with Gasteiger partial charge in [-0.05, 0) is 36.2 Å². The number of carbonyl (C=O) groups excluding carboxylic acids is 1. The first kappa shape index (κ1) is 16.4. The van der Waals surface area contributed by atoms with Gasteiger partial charge in [0.2, 0.25) is 0 Å². The highest BCUT2D eigenvalue weighted by Crippen LogP contribution is 2.28. The SMILES string of the molecule is Cc1c(C(N)=O)cc(-c2ccc([N+](=O)[O-])cc2)n1Cc1ccccc1. The molecule has 0 saturated heterocycles. The number of carbonyl (C=O) groups is 1. The molecule has 0 aliphatic heterocycles. The number of hydrogen-bond donors (Lipinski definition) is 1. The summed E-state index contributed by atoms with van der Waals surface area (Å²) in [4.78, 5) is 22.1. The molecule has 1 aromatic heterocycles. The third kappa shape index (κ3) is 3.28. The van der Waals surface area contributed by atoms with Crippen molar-refractivity contribution in [2.24, 2.45) is 5.73 Å². The minimum atomic E-state index is -0.493. The Morgan fingerprint density at radius 3 is 2.32 bits per heavy atom. The highest BCUT2D eigenvalue weighted by molar-refractivity contribution is 5.95. The number of non-ortho nitro benzene ring substituents is 1. The zero-order chi connectivity index (χ0) is 18.0. The Morgan fingerprint density at radius 2 is 1.76 bits per heavy atom. The molecule has 1 amide bonds. The molecule has 3 aromatic rings. The van der Waals surface area contributed by atoms with Gasteiger partial charge in [0.1, 0.15) is 0 Å². The molecule has 0 aliphatic carbocycles. The Morgan fingerprint density at radius 1 is 1.12 bits per heavy atom. The molecule has 2 N–H and O–H groups in total. The van der Waals surface area contributed by atoms with Crippen LogP contribution in [0, 0.1) is 17.0 Å². The number of primary amides is 1. The summed E-state index contributed by atoms with van der Waals surface area (Å²) >= 11 is 0. The van der Waals surface area contributed by atoms with Crippen LogP contribution in [0.4, 0.5) is 5.69 Å². The van der Waals surface area contributed by atoms with Crippen LogP contribution in [-0.4, -0.2) is 15.4 Å². The van der Waals surface area contributed by atoms with Crippen molar-refractivity contribution in [3.8, 4) is 11.3 Å². The number of hydrogen-bond acceptors (Lipinski definition) is 3. The highest BCUT2D eigenvalue weighted by Gasteiger charge is 2.17. The van der Waals surface area contributed by atoms with Gasteiger partial charge in [0, 0.05) is 30.1 Å². The maximum atomic E-state index is 11.7. The first-order valence-corrected chi connectivity index (χ1v) is 7.76. The zero-order valence-corrected chi connectivity index (χ0v) is 13.7. The Balaban J connectivity index is 2.09. The summed E-state index contributed by atoms with van der Waals surface area (Å²) in [5.74, 6) is -0.493. The lowest BCUT2D eigenvalue weighted by Gasteiger charge is -2.12. The number of amides is 1. The van der Waals surface area contributed by atoms with E-state index in [1.807, 2.05) is 41.8 Å². The van der Waals surface area contributed by atoms with Gasteiger partial charge >= 0.3 is 0 Å². The molecule has 6 nitrogen and oxygen atoms in total. The lowest BCUT2D eigenvalue weighted by molar-refractivity contribution is -0.384. The van der Waals surface area contributed by atoms with Gasteiger partial charge in [-0.3, -0.25) is 14.9 Å². The summed E-state index contributed by atoms with van der Waals surface area (Å²) in [6.07, 6.45) is 0. The Bertz CT molecular complexity index is 929. The molecule has 126 valence electrons. The first-order chi connectivity index (χ1) is 12.0. The Hall–Kier alpha value is -3.41. The zero-order valence-electron chi connectivity index (χ0n) is 13.7. The van der Waals surface area contributed by atoms with E-state index in [0.29, 0.717) is 12.1 Å². The minimum Gasteiger partial charge on any atom is -0.366 e. The van der Waals surface area contributed by atoms with Crippen molar-refractivity contribution in [3.63, 3.8) is 0 Å². The largest absolute Gasteiger partial charge is 0.366 e. The predicted octanol–water partition coefficient (Wildman–Crippen LogP) is 3.52. The van der Waals surface area contributed by atoms with Gasteiger partial charge in [0.15, 0.2) is 0 Å². The molecule has 3 rings (SSSR count). The van der Waals surface area contributed by atoms with Crippen LogP contribution in [0.1, 0.15) is 21.6 Å².